The molecular formula is C35H42N4O2. The van der Waals surface area contributed by atoms with Crippen molar-refractivity contribution in [1.82, 2.24) is 15.5 Å². The van der Waals surface area contributed by atoms with E-state index in [0.29, 0.717) is 45.6 Å². The second kappa shape index (κ2) is 15.7. The molecule has 6 heteroatoms. The minimum absolute atomic E-state index is 0.0308. The van der Waals surface area contributed by atoms with E-state index in [2.05, 4.69) is 65.2 Å². The zero-order chi connectivity index (χ0) is 28.9. The van der Waals surface area contributed by atoms with Gasteiger partial charge >= 0.3 is 0 Å². The molecular weight excluding hydrogens is 508 g/mol. The van der Waals surface area contributed by atoms with Gasteiger partial charge in [-0.2, -0.15) is 0 Å². The molecule has 0 fully saturated rings. The minimum Gasteiger partial charge on any atom is -0.355 e. The van der Waals surface area contributed by atoms with Crippen LogP contribution in [0, 0.1) is 0 Å². The van der Waals surface area contributed by atoms with Crippen molar-refractivity contribution in [2.45, 2.75) is 45.2 Å². The third-order valence-electron chi connectivity index (χ3n) is 7.39. The van der Waals surface area contributed by atoms with Crippen LogP contribution in [-0.4, -0.2) is 48.9 Å². The third-order valence-corrected chi connectivity index (χ3v) is 7.39. The third kappa shape index (κ3) is 9.00. The minimum atomic E-state index is -0.315. The summed E-state index contributed by atoms with van der Waals surface area (Å²) in [6.07, 6.45) is 2.79. The van der Waals surface area contributed by atoms with E-state index in [9.17, 15) is 9.59 Å². The number of hydrogen-bond donors (Lipinski definition) is 3. The highest BCUT2D eigenvalue weighted by Gasteiger charge is 2.23. The molecule has 0 saturated heterocycles. The van der Waals surface area contributed by atoms with Crippen molar-refractivity contribution in [3.05, 3.63) is 108 Å². The summed E-state index contributed by atoms with van der Waals surface area (Å²) in [4.78, 5) is 28.1. The van der Waals surface area contributed by atoms with E-state index in [4.69, 9.17) is 5.73 Å². The SMILES string of the molecule is CCN(Cc1ccc2ccccc2c1)C(=O)C(CCCCN)NCCNC(=O)Cc1ccc(-c2ccccc2)cc1. The average Bonchev–Trinajstić information content (AvgIpc) is 3.01. The fourth-order valence-electron chi connectivity index (χ4n) is 5.07. The summed E-state index contributed by atoms with van der Waals surface area (Å²) >= 11 is 0. The monoisotopic (exact) mass is 550 g/mol. The van der Waals surface area contributed by atoms with Crippen LogP contribution < -0.4 is 16.4 Å². The number of hydrogen-bond acceptors (Lipinski definition) is 4. The van der Waals surface area contributed by atoms with Crippen molar-refractivity contribution in [3.8, 4) is 11.1 Å². The van der Waals surface area contributed by atoms with Gasteiger partial charge in [0.05, 0.1) is 12.5 Å². The van der Waals surface area contributed by atoms with E-state index >= 15 is 0 Å². The molecule has 214 valence electrons. The maximum atomic E-state index is 13.6. The number of nitrogens with zero attached hydrogens (tertiary/aromatic N) is 1. The Morgan fingerprint density at radius 3 is 2.20 bits per heavy atom. The number of unbranched alkanes of at least 4 members (excludes halogenated alkanes) is 1. The van der Waals surface area contributed by atoms with Gasteiger partial charge in [0, 0.05) is 26.2 Å². The topological polar surface area (TPSA) is 87.5 Å². The van der Waals surface area contributed by atoms with Gasteiger partial charge in [0.2, 0.25) is 11.8 Å². The normalized spacial score (nSPS) is 11.8. The molecule has 0 aliphatic heterocycles. The Morgan fingerprint density at radius 1 is 0.780 bits per heavy atom. The second-order valence-corrected chi connectivity index (χ2v) is 10.4. The van der Waals surface area contributed by atoms with Gasteiger partial charge in [-0.3, -0.25) is 9.59 Å². The molecule has 1 atom stereocenters. The number of likely N-dealkylation sites (N-methyl/N-ethyl adjacent to an activating group) is 1. The number of carbonyl (C=O) groups excluding carboxylic acids is 2. The summed E-state index contributed by atoms with van der Waals surface area (Å²) in [7, 11) is 0. The summed E-state index contributed by atoms with van der Waals surface area (Å²) in [5.74, 6) is 0.0549. The lowest BCUT2D eigenvalue weighted by Gasteiger charge is -2.27. The molecule has 0 aliphatic carbocycles. The molecule has 6 nitrogen and oxygen atoms in total. The van der Waals surface area contributed by atoms with Crippen LogP contribution in [0.25, 0.3) is 21.9 Å². The lowest BCUT2D eigenvalue weighted by Crippen LogP contribution is -2.48. The van der Waals surface area contributed by atoms with Crippen molar-refractivity contribution < 1.29 is 9.59 Å². The summed E-state index contributed by atoms with van der Waals surface area (Å²) in [6, 6.07) is 32.6. The molecule has 4 rings (SSSR count). The Bertz CT molecular complexity index is 1390. The van der Waals surface area contributed by atoms with Crippen LogP contribution in [0.4, 0.5) is 0 Å². The van der Waals surface area contributed by atoms with Gasteiger partial charge in [0.25, 0.3) is 0 Å². The molecule has 0 aromatic heterocycles. The van der Waals surface area contributed by atoms with Crippen molar-refractivity contribution in [2.75, 3.05) is 26.2 Å². The van der Waals surface area contributed by atoms with Crippen molar-refractivity contribution in [2.24, 2.45) is 5.73 Å². The first-order valence-electron chi connectivity index (χ1n) is 14.7. The quantitative estimate of drug-likeness (QED) is 0.175. The Labute approximate surface area is 243 Å². The first-order valence-corrected chi connectivity index (χ1v) is 14.7. The molecule has 0 bridgehead atoms. The van der Waals surface area contributed by atoms with Gasteiger partial charge in [0.15, 0.2) is 0 Å². The molecule has 4 N–H and O–H groups in total. The molecule has 2 amide bonds. The first-order chi connectivity index (χ1) is 20.1. The van der Waals surface area contributed by atoms with Crippen molar-refractivity contribution in [3.63, 3.8) is 0 Å². The predicted octanol–water partition coefficient (Wildman–Crippen LogP) is 5.30. The van der Waals surface area contributed by atoms with E-state index < -0.39 is 0 Å². The lowest BCUT2D eigenvalue weighted by atomic mass is 10.0. The number of nitrogens with two attached hydrogens (primary N) is 1. The fraction of sp³-hybridized carbons (Fsp3) is 0.314. The summed E-state index contributed by atoms with van der Waals surface area (Å²) in [6.45, 7) is 4.79. The first kappa shape index (κ1) is 30.0. The molecule has 0 radical (unpaired) electrons. The van der Waals surface area contributed by atoms with Crippen LogP contribution >= 0.6 is 0 Å². The highest BCUT2D eigenvalue weighted by atomic mass is 16.2. The molecule has 0 spiro atoms. The van der Waals surface area contributed by atoms with Crippen LogP contribution in [-0.2, 0) is 22.6 Å². The number of fused-ring (bicyclic) bond motifs is 1. The van der Waals surface area contributed by atoms with Crippen molar-refractivity contribution in [1.29, 1.82) is 0 Å². The Balaban J connectivity index is 1.28. The van der Waals surface area contributed by atoms with Gasteiger partial charge in [-0.1, -0.05) is 97.4 Å². The van der Waals surface area contributed by atoms with Crippen molar-refractivity contribution >= 4 is 22.6 Å². The van der Waals surface area contributed by atoms with Gasteiger partial charge in [-0.05, 0) is 65.4 Å². The van der Waals surface area contributed by atoms with Gasteiger partial charge in [-0.15, -0.1) is 0 Å². The van der Waals surface area contributed by atoms with Crippen LogP contribution in [0.15, 0.2) is 97.1 Å². The maximum absolute atomic E-state index is 13.6. The predicted molar refractivity (Wildman–Crippen MR) is 168 cm³/mol. The highest BCUT2D eigenvalue weighted by molar-refractivity contribution is 5.84. The number of rotatable bonds is 15. The standard InChI is InChI=1S/C35H42N4O2/c1-2-39(26-28-17-20-30-12-6-7-13-32(30)24-28)35(41)33(14-8-9-21-36)37-22-23-38-34(40)25-27-15-18-31(19-16-27)29-10-4-3-5-11-29/h3-7,10-13,15-20,24,33,37H,2,8-9,14,21-23,25-26,36H2,1H3,(H,38,40). The molecule has 1 unspecified atom stereocenters. The number of carbonyl (C=O) groups is 2. The van der Waals surface area contributed by atoms with E-state index in [1.165, 1.54) is 10.8 Å². The lowest BCUT2D eigenvalue weighted by molar-refractivity contribution is -0.134. The van der Waals surface area contributed by atoms with Gasteiger partial charge in [0.1, 0.15) is 0 Å². The Morgan fingerprint density at radius 2 is 1.46 bits per heavy atom. The number of amides is 2. The van der Waals surface area contributed by atoms with Gasteiger partial charge < -0.3 is 21.3 Å². The Hall–Kier alpha value is -4.00. The molecule has 4 aromatic rings. The maximum Gasteiger partial charge on any atom is 0.239 e. The van der Waals surface area contributed by atoms with Crippen LogP contribution in [0.3, 0.4) is 0 Å². The van der Waals surface area contributed by atoms with Crippen LogP contribution in [0.5, 0.6) is 0 Å². The fourth-order valence-corrected chi connectivity index (χ4v) is 5.07. The molecule has 41 heavy (non-hydrogen) atoms. The zero-order valence-electron chi connectivity index (χ0n) is 24.0. The van der Waals surface area contributed by atoms with Crippen LogP contribution in [0.1, 0.15) is 37.3 Å². The summed E-state index contributed by atoms with van der Waals surface area (Å²) < 4.78 is 0. The summed E-state index contributed by atoms with van der Waals surface area (Å²) in [5.41, 5.74) is 10.1. The van der Waals surface area contributed by atoms with E-state index in [-0.39, 0.29) is 17.9 Å². The van der Waals surface area contributed by atoms with Gasteiger partial charge in [-0.25, -0.2) is 0 Å². The number of nitrogens with one attached hydrogen (secondary N) is 2. The molecule has 0 heterocycles. The Kier molecular flexibility index (Phi) is 11.5. The average molecular weight is 551 g/mol. The smallest absolute Gasteiger partial charge is 0.239 e. The zero-order valence-corrected chi connectivity index (χ0v) is 24.0. The molecule has 0 saturated carbocycles. The number of benzene rings is 4. The second-order valence-electron chi connectivity index (χ2n) is 10.4. The van der Waals surface area contributed by atoms with E-state index in [0.717, 1.165) is 35.1 Å². The van der Waals surface area contributed by atoms with E-state index in [1.807, 2.05) is 54.3 Å². The highest BCUT2D eigenvalue weighted by Crippen LogP contribution is 2.20. The molecule has 0 aliphatic rings. The molecule has 4 aromatic carbocycles. The van der Waals surface area contributed by atoms with Crippen LogP contribution in [0.2, 0.25) is 0 Å². The summed E-state index contributed by atoms with van der Waals surface area (Å²) in [5, 5.41) is 8.77. The largest absolute Gasteiger partial charge is 0.355 e. The van der Waals surface area contributed by atoms with E-state index in [1.54, 1.807) is 0 Å².